The van der Waals surface area contributed by atoms with Crippen molar-refractivity contribution in [3.63, 3.8) is 0 Å². The molecular weight excluding hydrogens is 295 g/mol. The first-order chi connectivity index (χ1) is 9.77. The molecule has 2 rings (SSSR count). The molecule has 0 spiro atoms. The second-order valence-electron chi connectivity index (χ2n) is 5.55. The summed E-state index contributed by atoms with van der Waals surface area (Å²) in [5.41, 5.74) is 0.317. The highest BCUT2D eigenvalue weighted by Crippen LogP contribution is 2.29. The first-order valence-corrected chi connectivity index (χ1v) is 8.89. The third-order valence-corrected chi connectivity index (χ3v) is 5.44. The van der Waals surface area contributed by atoms with E-state index in [9.17, 15) is 17.6 Å². The summed E-state index contributed by atoms with van der Waals surface area (Å²) >= 11 is 0. The van der Waals surface area contributed by atoms with Crippen LogP contribution in [-0.4, -0.2) is 31.8 Å². The molecule has 1 aromatic rings. The molecule has 0 heterocycles. The predicted molar refractivity (Wildman–Crippen MR) is 77.9 cm³/mol. The lowest BCUT2D eigenvalue weighted by molar-refractivity contribution is 0.100. The molecule has 116 valence electrons. The van der Waals surface area contributed by atoms with E-state index in [0.29, 0.717) is 24.8 Å². The number of carbonyl (C=O) groups excluding carboxylic acids is 1. The standard InChI is InChI=1S/C15H19FO4S/c1-10(17)14-7-6-11(16)8-15(14)20-12-4-3-5-13(9-12)21(2,18)19/h6-8,12-13H,3-5,9H2,1-2H3. The number of hydrogen-bond acceptors (Lipinski definition) is 4. The maximum absolute atomic E-state index is 13.3. The van der Waals surface area contributed by atoms with Crippen LogP contribution in [0, 0.1) is 5.82 Å². The van der Waals surface area contributed by atoms with E-state index < -0.39 is 20.9 Å². The Hall–Kier alpha value is -1.43. The lowest BCUT2D eigenvalue weighted by Crippen LogP contribution is -2.33. The number of hydrogen-bond donors (Lipinski definition) is 0. The maximum Gasteiger partial charge on any atom is 0.163 e. The minimum absolute atomic E-state index is 0.196. The molecule has 0 aliphatic heterocycles. The molecule has 2 unspecified atom stereocenters. The molecule has 0 bridgehead atoms. The summed E-state index contributed by atoms with van der Waals surface area (Å²) in [5, 5.41) is -0.425. The van der Waals surface area contributed by atoms with Crippen molar-refractivity contribution in [2.75, 3.05) is 6.26 Å². The van der Waals surface area contributed by atoms with Gasteiger partial charge in [0.1, 0.15) is 21.4 Å². The van der Waals surface area contributed by atoms with Gasteiger partial charge in [-0.05, 0) is 38.3 Å². The van der Waals surface area contributed by atoms with Crippen LogP contribution >= 0.6 is 0 Å². The second kappa shape index (κ2) is 6.13. The third kappa shape index (κ3) is 4.03. The van der Waals surface area contributed by atoms with Gasteiger partial charge in [0.25, 0.3) is 0 Å². The van der Waals surface area contributed by atoms with Crippen molar-refractivity contribution in [2.24, 2.45) is 0 Å². The van der Waals surface area contributed by atoms with Crippen LogP contribution in [0.5, 0.6) is 5.75 Å². The molecule has 0 amide bonds. The monoisotopic (exact) mass is 314 g/mol. The van der Waals surface area contributed by atoms with E-state index >= 15 is 0 Å². The smallest absolute Gasteiger partial charge is 0.163 e. The van der Waals surface area contributed by atoms with Crippen LogP contribution in [0.4, 0.5) is 4.39 Å². The van der Waals surface area contributed by atoms with E-state index in [2.05, 4.69) is 0 Å². The van der Waals surface area contributed by atoms with Crippen molar-refractivity contribution in [1.82, 2.24) is 0 Å². The van der Waals surface area contributed by atoms with Crippen LogP contribution in [-0.2, 0) is 9.84 Å². The summed E-state index contributed by atoms with van der Waals surface area (Å²) < 4.78 is 42.4. The van der Waals surface area contributed by atoms with Gasteiger partial charge in [0.2, 0.25) is 0 Å². The quantitative estimate of drug-likeness (QED) is 0.802. The Balaban J connectivity index is 2.18. The summed E-state index contributed by atoms with van der Waals surface area (Å²) in [4.78, 5) is 11.5. The molecule has 21 heavy (non-hydrogen) atoms. The number of sulfone groups is 1. The molecule has 2 atom stereocenters. The fourth-order valence-corrected chi connectivity index (χ4v) is 3.82. The number of ether oxygens (including phenoxy) is 1. The summed E-state index contributed by atoms with van der Waals surface area (Å²) in [6.07, 6.45) is 3.38. The summed E-state index contributed by atoms with van der Waals surface area (Å²) in [6, 6.07) is 3.79. The maximum atomic E-state index is 13.3. The summed E-state index contributed by atoms with van der Waals surface area (Å²) in [6.45, 7) is 1.39. The lowest BCUT2D eigenvalue weighted by atomic mass is 9.97. The van der Waals surface area contributed by atoms with Crippen molar-refractivity contribution in [3.8, 4) is 5.75 Å². The van der Waals surface area contributed by atoms with Gasteiger partial charge in [-0.25, -0.2) is 12.8 Å². The topological polar surface area (TPSA) is 60.4 Å². The average molecular weight is 314 g/mol. The van der Waals surface area contributed by atoms with Crippen LogP contribution in [0.3, 0.4) is 0 Å². The van der Waals surface area contributed by atoms with E-state index in [-0.39, 0.29) is 17.6 Å². The molecular formula is C15H19FO4S. The predicted octanol–water partition coefficient (Wildman–Crippen LogP) is 2.76. The minimum atomic E-state index is -3.11. The van der Waals surface area contributed by atoms with E-state index in [1.807, 2.05) is 0 Å². The van der Waals surface area contributed by atoms with Gasteiger partial charge in [0, 0.05) is 18.7 Å². The molecule has 1 aliphatic carbocycles. The fourth-order valence-electron chi connectivity index (χ4n) is 2.66. The molecule has 1 fully saturated rings. The summed E-state index contributed by atoms with van der Waals surface area (Å²) in [5.74, 6) is -0.493. The molecule has 4 nitrogen and oxygen atoms in total. The highest BCUT2D eigenvalue weighted by molar-refractivity contribution is 7.91. The van der Waals surface area contributed by atoms with Gasteiger partial charge < -0.3 is 4.74 Å². The van der Waals surface area contributed by atoms with Crippen molar-refractivity contribution in [2.45, 2.75) is 44.0 Å². The van der Waals surface area contributed by atoms with Gasteiger partial charge in [-0.15, -0.1) is 0 Å². The Labute approximate surface area is 124 Å². The average Bonchev–Trinajstić information content (AvgIpc) is 2.37. The number of carbonyl (C=O) groups is 1. The molecule has 1 aromatic carbocycles. The van der Waals surface area contributed by atoms with Crippen LogP contribution in [0.25, 0.3) is 0 Å². The van der Waals surface area contributed by atoms with Crippen LogP contribution in [0.15, 0.2) is 18.2 Å². The van der Waals surface area contributed by atoms with Crippen LogP contribution < -0.4 is 4.74 Å². The Morgan fingerprint density at radius 3 is 2.67 bits per heavy atom. The molecule has 6 heteroatoms. The van der Waals surface area contributed by atoms with Gasteiger partial charge >= 0.3 is 0 Å². The minimum Gasteiger partial charge on any atom is -0.490 e. The molecule has 1 saturated carbocycles. The zero-order valence-corrected chi connectivity index (χ0v) is 13.0. The fraction of sp³-hybridized carbons (Fsp3) is 0.533. The first-order valence-electron chi connectivity index (χ1n) is 6.93. The molecule has 0 saturated heterocycles. The Kier molecular flexibility index (Phi) is 4.66. The highest BCUT2D eigenvalue weighted by Gasteiger charge is 2.30. The van der Waals surface area contributed by atoms with Crippen molar-refractivity contribution < 1.29 is 22.3 Å². The van der Waals surface area contributed by atoms with Gasteiger partial charge in [0.15, 0.2) is 5.78 Å². The SMILES string of the molecule is CC(=O)c1ccc(F)cc1OC1CCCC(S(C)(=O)=O)C1. The van der Waals surface area contributed by atoms with Crippen molar-refractivity contribution in [1.29, 1.82) is 0 Å². The van der Waals surface area contributed by atoms with Gasteiger partial charge in [-0.2, -0.15) is 0 Å². The first kappa shape index (κ1) is 15.9. The van der Waals surface area contributed by atoms with Gasteiger partial charge in [0.05, 0.1) is 16.9 Å². The number of Topliss-reactive ketones (excluding diaryl/α,β-unsaturated/α-hetero) is 1. The largest absolute Gasteiger partial charge is 0.490 e. The van der Waals surface area contributed by atoms with E-state index in [4.69, 9.17) is 4.74 Å². The lowest BCUT2D eigenvalue weighted by Gasteiger charge is -2.29. The van der Waals surface area contributed by atoms with E-state index in [1.54, 1.807) is 0 Å². The van der Waals surface area contributed by atoms with E-state index in [1.165, 1.54) is 31.4 Å². The molecule has 0 N–H and O–H groups in total. The zero-order valence-electron chi connectivity index (χ0n) is 12.1. The normalized spacial score (nSPS) is 22.8. The number of halogens is 1. The zero-order chi connectivity index (χ0) is 15.6. The number of rotatable bonds is 4. The highest BCUT2D eigenvalue weighted by atomic mass is 32.2. The molecule has 0 aromatic heterocycles. The number of benzene rings is 1. The van der Waals surface area contributed by atoms with Crippen LogP contribution in [0.2, 0.25) is 0 Å². The summed E-state index contributed by atoms with van der Waals surface area (Å²) in [7, 11) is -3.11. The molecule has 0 radical (unpaired) electrons. The molecule has 1 aliphatic rings. The van der Waals surface area contributed by atoms with Crippen molar-refractivity contribution >= 4 is 15.6 Å². The number of ketones is 1. The van der Waals surface area contributed by atoms with Gasteiger partial charge in [-0.3, -0.25) is 4.79 Å². The van der Waals surface area contributed by atoms with E-state index in [0.717, 1.165) is 6.42 Å². The van der Waals surface area contributed by atoms with Crippen LogP contribution in [0.1, 0.15) is 43.0 Å². The Morgan fingerprint density at radius 1 is 1.33 bits per heavy atom. The third-order valence-electron chi connectivity index (χ3n) is 3.80. The Morgan fingerprint density at radius 2 is 2.05 bits per heavy atom. The van der Waals surface area contributed by atoms with Crippen molar-refractivity contribution in [3.05, 3.63) is 29.6 Å². The Bertz CT molecular complexity index is 639. The van der Waals surface area contributed by atoms with Gasteiger partial charge in [-0.1, -0.05) is 0 Å². The second-order valence-corrected chi connectivity index (χ2v) is 7.88.